The molecule has 18 heavy (non-hydrogen) atoms. The number of carbonyl (C=O) groups is 1. The first kappa shape index (κ1) is 12.4. The molecule has 1 aromatic carbocycles. The molecule has 0 aliphatic carbocycles. The van der Waals surface area contributed by atoms with Crippen molar-refractivity contribution >= 4 is 5.91 Å². The van der Waals surface area contributed by atoms with Gasteiger partial charge in [0.15, 0.2) is 5.76 Å². The maximum absolute atomic E-state index is 11.9. The molecule has 1 amide bonds. The van der Waals surface area contributed by atoms with Crippen molar-refractivity contribution in [2.24, 2.45) is 0 Å². The average Bonchev–Trinajstić information content (AvgIpc) is 2.93. The Morgan fingerprint density at radius 1 is 1.22 bits per heavy atom. The van der Waals surface area contributed by atoms with Crippen LogP contribution in [0.2, 0.25) is 0 Å². The molecule has 1 heterocycles. The van der Waals surface area contributed by atoms with E-state index in [2.05, 4.69) is 5.32 Å². The molecule has 1 unspecified atom stereocenters. The van der Waals surface area contributed by atoms with Gasteiger partial charge >= 0.3 is 0 Å². The lowest BCUT2D eigenvalue weighted by Gasteiger charge is -2.17. The van der Waals surface area contributed by atoms with Crippen LogP contribution in [0, 0.1) is 0 Å². The van der Waals surface area contributed by atoms with Crippen LogP contribution in [-0.2, 0) is 0 Å². The highest BCUT2D eigenvalue weighted by atomic mass is 16.3. The van der Waals surface area contributed by atoms with Crippen LogP contribution in [0.5, 0.6) is 0 Å². The third-order valence-electron chi connectivity index (χ3n) is 2.67. The molecule has 0 bridgehead atoms. The van der Waals surface area contributed by atoms with Gasteiger partial charge in [0, 0.05) is 6.61 Å². The Kier molecular flexibility index (Phi) is 4.15. The van der Waals surface area contributed by atoms with E-state index in [0.29, 0.717) is 6.42 Å². The first-order valence-electron chi connectivity index (χ1n) is 5.81. The van der Waals surface area contributed by atoms with Gasteiger partial charge in [-0.1, -0.05) is 30.3 Å². The van der Waals surface area contributed by atoms with E-state index in [9.17, 15) is 4.79 Å². The number of furan rings is 1. The van der Waals surface area contributed by atoms with Gasteiger partial charge in [-0.05, 0) is 24.1 Å². The lowest BCUT2D eigenvalue weighted by molar-refractivity contribution is 0.0902. The molecule has 1 aromatic heterocycles. The van der Waals surface area contributed by atoms with Gasteiger partial charge in [0.25, 0.3) is 5.91 Å². The molecule has 2 N–H and O–H groups in total. The lowest BCUT2D eigenvalue weighted by Crippen LogP contribution is -2.28. The van der Waals surface area contributed by atoms with Crippen molar-refractivity contribution in [1.82, 2.24) is 5.32 Å². The second kappa shape index (κ2) is 6.02. The maximum atomic E-state index is 11.9. The minimum atomic E-state index is -0.276. The van der Waals surface area contributed by atoms with Gasteiger partial charge in [-0.2, -0.15) is 0 Å². The highest BCUT2D eigenvalue weighted by Gasteiger charge is 2.16. The number of rotatable bonds is 5. The van der Waals surface area contributed by atoms with E-state index in [-0.39, 0.29) is 24.3 Å². The van der Waals surface area contributed by atoms with Crippen molar-refractivity contribution < 1.29 is 14.3 Å². The molecule has 0 saturated carbocycles. The van der Waals surface area contributed by atoms with Gasteiger partial charge in [-0.3, -0.25) is 4.79 Å². The fraction of sp³-hybridized carbons (Fsp3) is 0.214. The van der Waals surface area contributed by atoms with E-state index in [1.54, 1.807) is 12.1 Å². The molecule has 0 fully saturated rings. The lowest BCUT2D eigenvalue weighted by atomic mass is 10.0. The van der Waals surface area contributed by atoms with E-state index in [4.69, 9.17) is 9.52 Å². The van der Waals surface area contributed by atoms with Gasteiger partial charge in [0.1, 0.15) is 0 Å². The minimum absolute atomic E-state index is 0.0119. The number of amides is 1. The van der Waals surface area contributed by atoms with Crippen LogP contribution in [-0.4, -0.2) is 17.6 Å². The van der Waals surface area contributed by atoms with Crippen LogP contribution >= 0.6 is 0 Å². The summed E-state index contributed by atoms with van der Waals surface area (Å²) in [6.07, 6.45) is 1.93. The predicted octanol–water partition coefficient (Wildman–Crippen LogP) is 2.13. The molecule has 0 aliphatic heterocycles. The van der Waals surface area contributed by atoms with Crippen LogP contribution in [0.4, 0.5) is 0 Å². The van der Waals surface area contributed by atoms with E-state index in [0.717, 1.165) is 5.56 Å². The van der Waals surface area contributed by atoms with Crippen LogP contribution in [0.25, 0.3) is 0 Å². The molecule has 1 atom stereocenters. The van der Waals surface area contributed by atoms with Crippen LogP contribution in [0.3, 0.4) is 0 Å². The maximum Gasteiger partial charge on any atom is 0.287 e. The van der Waals surface area contributed by atoms with Crippen molar-refractivity contribution in [2.45, 2.75) is 12.5 Å². The molecular weight excluding hydrogens is 230 g/mol. The smallest absolute Gasteiger partial charge is 0.287 e. The summed E-state index contributed by atoms with van der Waals surface area (Å²) in [6, 6.07) is 12.6. The van der Waals surface area contributed by atoms with Crippen molar-refractivity contribution in [3.63, 3.8) is 0 Å². The summed E-state index contributed by atoms with van der Waals surface area (Å²) in [4.78, 5) is 11.9. The second-order valence-corrected chi connectivity index (χ2v) is 3.93. The first-order chi connectivity index (χ1) is 8.81. The molecular formula is C14H15NO3. The van der Waals surface area contributed by atoms with Crippen molar-refractivity contribution in [3.8, 4) is 0 Å². The van der Waals surface area contributed by atoms with Crippen LogP contribution < -0.4 is 5.32 Å². The van der Waals surface area contributed by atoms with Crippen molar-refractivity contribution in [2.75, 3.05) is 6.61 Å². The Balaban J connectivity index is 2.10. The number of benzene rings is 1. The molecule has 94 valence electrons. The molecule has 0 radical (unpaired) electrons. The quantitative estimate of drug-likeness (QED) is 0.848. The van der Waals surface area contributed by atoms with E-state index >= 15 is 0 Å². The number of carbonyl (C=O) groups excluding carboxylic acids is 1. The number of hydrogen-bond donors (Lipinski definition) is 2. The van der Waals surface area contributed by atoms with Gasteiger partial charge < -0.3 is 14.8 Å². The van der Waals surface area contributed by atoms with Crippen LogP contribution in [0.15, 0.2) is 53.1 Å². The van der Waals surface area contributed by atoms with Gasteiger partial charge in [0.2, 0.25) is 0 Å². The third-order valence-corrected chi connectivity index (χ3v) is 2.67. The second-order valence-electron chi connectivity index (χ2n) is 3.93. The molecule has 4 nitrogen and oxygen atoms in total. The fourth-order valence-electron chi connectivity index (χ4n) is 1.77. The van der Waals surface area contributed by atoms with Crippen molar-refractivity contribution in [3.05, 3.63) is 60.1 Å². The zero-order valence-electron chi connectivity index (χ0n) is 9.87. The minimum Gasteiger partial charge on any atom is -0.459 e. The highest BCUT2D eigenvalue weighted by Crippen LogP contribution is 2.16. The fourth-order valence-corrected chi connectivity index (χ4v) is 1.77. The third kappa shape index (κ3) is 2.99. The normalized spacial score (nSPS) is 12.1. The molecule has 0 spiro atoms. The highest BCUT2D eigenvalue weighted by molar-refractivity contribution is 5.91. The first-order valence-corrected chi connectivity index (χ1v) is 5.81. The zero-order chi connectivity index (χ0) is 12.8. The summed E-state index contributed by atoms with van der Waals surface area (Å²) in [5.41, 5.74) is 0.964. The Morgan fingerprint density at radius 3 is 2.61 bits per heavy atom. The van der Waals surface area contributed by atoms with Gasteiger partial charge in [0.05, 0.1) is 12.3 Å². The Morgan fingerprint density at radius 2 is 2.00 bits per heavy atom. The Bertz CT molecular complexity index is 479. The van der Waals surface area contributed by atoms with E-state index in [1.807, 2.05) is 30.3 Å². The monoisotopic (exact) mass is 245 g/mol. The van der Waals surface area contributed by atoms with Gasteiger partial charge in [-0.15, -0.1) is 0 Å². The molecule has 0 aliphatic rings. The molecule has 2 rings (SSSR count). The summed E-state index contributed by atoms with van der Waals surface area (Å²) >= 11 is 0. The van der Waals surface area contributed by atoms with Gasteiger partial charge in [-0.25, -0.2) is 0 Å². The topological polar surface area (TPSA) is 62.5 Å². The molecule has 0 saturated heterocycles. The summed E-state index contributed by atoms with van der Waals surface area (Å²) in [5.74, 6) is -0.00354. The number of nitrogens with one attached hydrogen (secondary N) is 1. The summed E-state index contributed by atoms with van der Waals surface area (Å²) < 4.78 is 5.04. The van der Waals surface area contributed by atoms with Crippen LogP contribution in [0.1, 0.15) is 28.6 Å². The summed E-state index contributed by atoms with van der Waals surface area (Å²) in [5, 5.41) is 11.9. The average molecular weight is 245 g/mol. The zero-order valence-corrected chi connectivity index (χ0v) is 9.87. The van der Waals surface area contributed by atoms with E-state index in [1.165, 1.54) is 6.26 Å². The standard InChI is InChI=1S/C14H15NO3/c16-9-8-12(11-5-2-1-3-6-11)15-14(17)13-7-4-10-18-13/h1-7,10,12,16H,8-9H2,(H,15,17). The molecule has 4 heteroatoms. The van der Waals surface area contributed by atoms with Crippen molar-refractivity contribution in [1.29, 1.82) is 0 Å². The Hall–Kier alpha value is -2.07. The number of aliphatic hydroxyl groups excluding tert-OH is 1. The Labute approximate surface area is 105 Å². The SMILES string of the molecule is O=C(NC(CCO)c1ccccc1)c1ccco1. The number of aliphatic hydroxyl groups is 1. The summed E-state index contributed by atoms with van der Waals surface area (Å²) in [6.45, 7) is 0.0119. The van der Waals surface area contributed by atoms with E-state index < -0.39 is 0 Å². The number of hydrogen-bond acceptors (Lipinski definition) is 3. The molecule has 2 aromatic rings. The predicted molar refractivity (Wildman–Crippen MR) is 67.1 cm³/mol. The summed E-state index contributed by atoms with van der Waals surface area (Å²) in [7, 11) is 0. The largest absolute Gasteiger partial charge is 0.459 e.